The SMILES string of the molecule is OB1OCCc2cc(F)ccc21.OB1OCCc2cc(F)ccc21. The van der Waals surface area contributed by atoms with Crippen molar-refractivity contribution in [1.29, 1.82) is 0 Å². The summed E-state index contributed by atoms with van der Waals surface area (Å²) in [5.41, 5.74) is 3.05. The first-order valence-corrected chi connectivity index (χ1v) is 7.70. The van der Waals surface area contributed by atoms with E-state index in [-0.39, 0.29) is 11.6 Å². The van der Waals surface area contributed by atoms with Gasteiger partial charge in [-0.25, -0.2) is 8.78 Å². The maximum atomic E-state index is 12.7. The van der Waals surface area contributed by atoms with E-state index in [1.54, 1.807) is 12.1 Å². The van der Waals surface area contributed by atoms with Gasteiger partial charge in [-0.3, -0.25) is 0 Å². The highest BCUT2D eigenvalue weighted by Gasteiger charge is 2.25. The van der Waals surface area contributed by atoms with Crippen LogP contribution in [-0.4, -0.2) is 37.5 Å². The van der Waals surface area contributed by atoms with E-state index in [0.717, 1.165) is 11.1 Å². The molecule has 2 aliphatic heterocycles. The van der Waals surface area contributed by atoms with Crippen molar-refractivity contribution in [3.8, 4) is 0 Å². The molecule has 4 rings (SSSR count). The van der Waals surface area contributed by atoms with Crippen LogP contribution in [0.25, 0.3) is 0 Å². The monoisotopic (exact) mass is 332 g/mol. The minimum absolute atomic E-state index is 0.261. The molecular weight excluding hydrogens is 316 g/mol. The summed E-state index contributed by atoms with van der Waals surface area (Å²) in [6.45, 7) is 0.912. The minimum atomic E-state index is -0.880. The maximum Gasteiger partial charge on any atom is 0.491 e. The standard InChI is InChI=1S/2C8H8BFO2/c2*10-7-1-2-8-6(5-7)3-4-12-9(8)11/h2*1-2,5,11H,3-4H2. The summed E-state index contributed by atoms with van der Waals surface area (Å²) in [6, 6.07) is 8.68. The minimum Gasteiger partial charge on any atom is -0.423 e. The van der Waals surface area contributed by atoms with Crippen LogP contribution in [0.1, 0.15) is 11.1 Å². The number of fused-ring (bicyclic) bond motifs is 2. The average Bonchev–Trinajstić information content (AvgIpc) is 2.55. The molecule has 2 N–H and O–H groups in total. The highest BCUT2D eigenvalue weighted by molar-refractivity contribution is 6.61. The molecule has 0 spiro atoms. The molecule has 0 saturated heterocycles. The topological polar surface area (TPSA) is 58.9 Å². The van der Waals surface area contributed by atoms with Gasteiger partial charge in [-0.05, 0) is 59.2 Å². The summed E-state index contributed by atoms with van der Waals surface area (Å²) in [5.74, 6) is -0.522. The van der Waals surface area contributed by atoms with Crippen LogP contribution in [0.15, 0.2) is 36.4 Å². The Morgan fingerprint density at radius 2 is 1.17 bits per heavy atom. The molecule has 2 aromatic rings. The quantitative estimate of drug-likeness (QED) is 0.676. The van der Waals surface area contributed by atoms with Gasteiger partial charge in [-0.2, -0.15) is 0 Å². The van der Waals surface area contributed by atoms with Gasteiger partial charge in [0.2, 0.25) is 0 Å². The third kappa shape index (κ3) is 3.84. The molecule has 0 saturated carbocycles. The van der Waals surface area contributed by atoms with Crippen LogP contribution in [0.5, 0.6) is 0 Å². The predicted molar refractivity (Wildman–Crippen MR) is 87.3 cm³/mol. The Balaban J connectivity index is 0.000000141. The summed E-state index contributed by atoms with van der Waals surface area (Å²) >= 11 is 0. The first kappa shape index (κ1) is 17.1. The number of halogens is 2. The molecule has 0 bridgehead atoms. The highest BCUT2D eigenvalue weighted by atomic mass is 19.1. The maximum absolute atomic E-state index is 12.7. The van der Waals surface area contributed by atoms with Gasteiger partial charge in [0.1, 0.15) is 11.6 Å². The van der Waals surface area contributed by atoms with Crippen LogP contribution in [0.4, 0.5) is 8.78 Å². The molecule has 4 nitrogen and oxygen atoms in total. The third-order valence-corrected chi connectivity index (χ3v) is 4.04. The second kappa shape index (κ2) is 7.44. The zero-order valence-electron chi connectivity index (χ0n) is 12.9. The highest BCUT2D eigenvalue weighted by Crippen LogP contribution is 2.09. The van der Waals surface area contributed by atoms with Crippen LogP contribution < -0.4 is 10.9 Å². The molecule has 0 aromatic heterocycles. The molecule has 0 amide bonds. The Labute approximate surface area is 139 Å². The Morgan fingerprint density at radius 1 is 0.750 bits per heavy atom. The smallest absolute Gasteiger partial charge is 0.423 e. The van der Waals surface area contributed by atoms with Gasteiger partial charge in [-0.1, -0.05) is 12.1 Å². The van der Waals surface area contributed by atoms with E-state index in [4.69, 9.17) is 9.31 Å². The first-order valence-electron chi connectivity index (χ1n) is 7.70. The third-order valence-electron chi connectivity index (χ3n) is 4.04. The summed E-state index contributed by atoms with van der Waals surface area (Å²) in [6.07, 6.45) is 1.34. The molecule has 124 valence electrons. The molecule has 2 heterocycles. The van der Waals surface area contributed by atoms with Crippen molar-refractivity contribution in [2.75, 3.05) is 13.2 Å². The lowest BCUT2D eigenvalue weighted by Gasteiger charge is -2.18. The van der Waals surface area contributed by atoms with Crippen molar-refractivity contribution in [3.05, 3.63) is 59.2 Å². The predicted octanol–water partition coefficient (Wildman–Crippen LogP) is 0.172. The lowest BCUT2D eigenvalue weighted by atomic mass is 9.74. The number of hydrogen-bond acceptors (Lipinski definition) is 4. The number of benzene rings is 2. The van der Waals surface area contributed by atoms with Crippen molar-refractivity contribution in [1.82, 2.24) is 0 Å². The van der Waals surface area contributed by atoms with Crippen molar-refractivity contribution < 1.29 is 28.1 Å². The van der Waals surface area contributed by atoms with Gasteiger partial charge in [-0.15, -0.1) is 0 Å². The van der Waals surface area contributed by atoms with Crippen LogP contribution in [0.3, 0.4) is 0 Å². The molecule has 0 fully saturated rings. The van der Waals surface area contributed by atoms with Gasteiger partial charge < -0.3 is 19.4 Å². The summed E-state index contributed by atoms with van der Waals surface area (Å²) in [5, 5.41) is 18.6. The Morgan fingerprint density at radius 3 is 1.58 bits per heavy atom. The molecule has 24 heavy (non-hydrogen) atoms. The molecule has 2 aromatic carbocycles. The van der Waals surface area contributed by atoms with E-state index in [1.807, 2.05) is 0 Å². The van der Waals surface area contributed by atoms with E-state index in [1.165, 1.54) is 24.3 Å². The van der Waals surface area contributed by atoms with Gasteiger partial charge in [0.25, 0.3) is 0 Å². The average molecular weight is 332 g/mol. The fourth-order valence-corrected chi connectivity index (χ4v) is 2.80. The van der Waals surface area contributed by atoms with E-state index >= 15 is 0 Å². The van der Waals surface area contributed by atoms with Crippen molar-refractivity contribution in [3.63, 3.8) is 0 Å². The second-order valence-electron chi connectivity index (χ2n) is 5.63. The molecule has 8 heteroatoms. The van der Waals surface area contributed by atoms with Gasteiger partial charge in [0.05, 0.1) is 0 Å². The van der Waals surface area contributed by atoms with Crippen LogP contribution in [0.2, 0.25) is 0 Å². The molecule has 0 aliphatic carbocycles. The fraction of sp³-hybridized carbons (Fsp3) is 0.250. The van der Waals surface area contributed by atoms with E-state index in [0.29, 0.717) is 37.0 Å². The fourth-order valence-electron chi connectivity index (χ4n) is 2.80. The molecule has 0 atom stereocenters. The number of rotatable bonds is 0. The first-order chi connectivity index (χ1) is 11.5. The molecule has 0 radical (unpaired) electrons. The van der Waals surface area contributed by atoms with Crippen LogP contribution in [0, 0.1) is 11.6 Å². The summed E-state index contributed by atoms with van der Waals surface area (Å²) < 4.78 is 35.4. The van der Waals surface area contributed by atoms with Gasteiger partial charge in [0.15, 0.2) is 0 Å². The Bertz CT molecular complexity index is 668. The van der Waals surface area contributed by atoms with Gasteiger partial charge >= 0.3 is 14.2 Å². The number of hydrogen-bond donors (Lipinski definition) is 2. The van der Waals surface area contributed by atoms with E-state index < -0.39 is 14.2 Å². The van der Waals surface area contributed by atoms with E-state index in [2.05, 4.69) is 0 Å². The van der Waals surface area contributed by atoms with E-state index in [9.17, 15) is 18.8 Å². The second-order valence-corrected chi connectivity index (χ2v) is 5.63. The van der Waals surface area contributed by atoms with Crippen LogP contribution >= 0.6 is 0 Å². The normalized spacial score (nSPS) is 16.0. The molecule has 2 aliphatic rings. The molecule has 0 unspecified atom stereocenters. The summed E-state index contributed by atoms with van der Waals surface area (Å²) in [4.78, 5) is 0. The Hall–Kier alpha value is -1.73. The lowest BCUT2D eigenvalue weighted by molar-refractivity contribution is 0.265. The largest absolute Gasteiger partial charge is 0.491 e. The zero-order valence-corrected chi connectivity index (χ0v) is 12.9. The van der Waals surface area contributed by atoms with Gasteiger partial charge in [0, 0.05) is 13.2 Å². The summed E-state index contributed by atoms with van der Waals surface area (Å²) in [7, 11) is -1.76. The van der Waals surface area contributed by atoms with Crippen molar-refractivity contribution in [2.45, 2.75) is 12.8 Å². The Kier molecular flexibility index (Phi) is 5.30. The zero-order chi connectivity index (χ0) is 17.1. The van der Waals surface area contributed by atoms with Crippen LogP contribution in [-0.2, 0) is 22.2 Å². The van der Waals surface area contributed by atoms with Crippen molar-refractivity contribution in [2.24, 2.45) is 0 Å². The molecular formula is C16H16B2F2O4. The van der Waals surface area contributed by atoms with Crippen molar-refractivity contribution >= 4 is 25.2 Å². The lowest BCUT2D eigenvalue weighted by Crippen LogP contribution is -2.41.